The van der Waals surface area contributed by atoms with Crippen LogP contribution < -0.4 is 0 Å². The van der Waals surface area contributed by atoms with E-state index in [0.29, 0.717) is 0 Å². The highest BCUT2D eigenvalue weighted by Gasteiger charge is 2.38. The van der Waals surface area contributed by atoms with E-state index in [0.717, 1.165) is 5.02 Å². The molecule has 28 heavy (non-hydrogen) atoms. The molecule has 0 bridgehead atoms. The van der Waals surface area contributed by atoms with E-state index in [1.54, 1.807) is 0 Å². The van der Waals surface area contributed by atoms with Gasteiger partial charge in [0.15, 0.2) is 0 Å². The van der Waals surface area contributed by atoms with Gasteiger partial charge in [0.05, 0.1) is 0 Å². The molecular formula is C27H21Cl. The summed E-state index contributed by atoms with van der Waals surface area (Å²) in [4.78, 5) is 0. The summed E-state index contributed by atoms with van der Waals surface area (Å²) >= 11 is 6.15. The lowest BCUT2D eigenvalue weighted by Gasteiger charge is -2.25. The number of halogens is 1. The van der Waals surface area contributed by atoms with E-state index >= 15 is 0 Å². The Kier molecular flexibility index (Phi) is 3.92. The number of hydrogen-bond acceptors (Lipinski definition) is 0. The van der Waals surface area contributed by atoms with Gasteiger partial charge in [-0.3, -0.25) is 0 Å². The van der Waals surface area contributed by atoms with Gasteiger partial charge in [-0.15, -0.1) is 0 Å². The summed E-state index contributed by atoms with van der Waals surface area (Å²) < 4.78 is 0. The number of benzene rings is 4. The lowest BCUT2D eigenvalue weighted by atomic mass is 9.78. The second-order valence-electron chi connectivity index (χ2n) is 7.95. The Morgan fingerprint density at radius 2 is 1.18 bits per heavy atom. The molecule has 0 fully saturated rings. The average molecular weight is 381 g/mol. The highest BCUT2D eigenvalue weighted by molar-refractivity contribution is 6.30. The Hall–Kier alpha value is -2.83. The largest absolute Gasteiger partial charge is 0.0843 e. The second kappa shape index (κ2) is 6.36. The van der Waals surface area contributed by atoms with Crippen molar-refractivity contribution in [1.82, 2.24) is 0 Å². The number of rotatable bonds is 2. The van der Waals surface area contributed by atoms with Crippen LogP contribution in [-0.4, -0.2) is 0 Å². The quantitative estimate of drug-likeness (QED) is 0.330. The van der Waals surface area contributed by atoms with Crippen LogP contribution in [0.15, 0.2) is 91.0 Å². The van der Waals surface area contributed by atoms with Crippen molar-refractivity contribution in [2.45, 2.75) is 19.3 Å². The minimum atomic E-state index is -0.0638. The molecule has 5 rings (SSSR count). The molecule has 0 amide bonds. The predicted molar refractivity (Wildman–Crippen MR) is 120 cm³/mol. The molecule has 0 aromatic heterocycles. The van der Waals surface area contributed by atoms with Crippen LogP contribution in [-0.2, 0) is 5.41 Å². The topological polar surface area (TPSA) is 0 Å². The molecule has 0 N–H and O–H groups in total. The zero-order valence-electron chi connectivity index (χ0n) is 16.0. The third kappa shape index (κ3) is 2.52. The van der Waals surface area contributed by atoms with Crippen molar-refractivity contribution < 1.29 is 0 Å². The van der Waals surface area contributed by atoms with Crippen molar-refractivity contribution in [3.63, 3.8) is 0 Å². The molecule has 0 saturated heterocycles. The summed E-state index contributed by atoms with van der Waals surface area (Å²) in [7, 11) is 0. The molecule has 0 saturated carbocycles. The zero-order valence-corrected chi connectivity index (χ0v) is 16.8. The fraction of sp³-hybridized carbons (Fsp3) is 0.111. The molecule has 1 heteroatoms. The van der Waals surface area contributed by atoms with Gasteiger partial charge < -0.3 is 0 Å². The molecule has 1 aliphatic carbocycles. The van der Waals surface area contributed by atoms with Gasteiger partial charge in [0.25, 0.3) is 0 Å². The van der Waals surface area contributed by atoms with Crippen molar-refractivity contribution in [2.75, 3.05) is 0 Å². The van der Waals surface area contributed by atoms with E-state index in [1.807, 2.05) is 12.1 Å². The highest BCUT2D eigenvalue weighted by atomic mass is 35.5. The Labute approximate surface area is 171 Å². The minimum absolute atomic E-state index is 0.0638. The first-order valence-corrected chi connectivity index (χ1v) is 10.0. The summed E-state index contributed by atoms with van der Waals surface area (Å²) in [6.45, 7) is 4.68. The van der Waals surface area contributed by atoms with E-state index in [-0.39, 0.29) is 5.41 Å². The Morgan fingerprint density at radius 1 is 0.571 bits per heavy atom. The zero-order chi connectivity index (χ0) is 19.3. The van der Waals surface area contributed by atoms with Gasteiger partial charge in [-0.05, 0) is 56.6 Å². The second-order valence-corrected chi connectivity index (χ2v) is 8.39. The first-order valence-electron chi connectivity index (χ1n) is 9.66. The maximum atomic E-state index is 6.15. The van der Waals surface area contributed by atoms with Crippen molar-refractivity contribution in [3.8, 4) is 33.4 Å². The molecule has 4 aromatic rings. The molecular weight excluding hydrogens is 360 g/mol. The molecule has 0 nitrogen and oxygen atoms in total. The number of fused-ring (bicyclic) bond motifs is 3. The van der Waals surface area contributed by atoms with Crippen molar-refractivity contribution in [2.24, 2.45) is 0 Å². The van der Waals surface area contributed by atoms with E-state index in [9.17, 15) is 0 Å². The third-order valence-electron chi connectivity index (χ3n) is 5.94. The van der Waals surface area contributed by atoms with Crippen LogP contribution in [0, 0.1) is 0 Å². The van der Waals surface area contributed by atoms with E-state index in [2.05, 4.69) is 92.7 Å². The van der Waals surface area contributed by atoms with Gasteiger partial charge in [0, 0.05) is 10.4 Å². The van der Waals surface area contributed by atoms with Crippen LogP contribution in [0.4, 0.5) is 0 Å². The van der Waals surface area contributed by atoms with Gasteiger partial charge in [-0.2, -0.15) is 0 Å². The fourth-order valence-electron chi connectivity index (χ4n) is 4.64. The van der Waals surface area contributed by atoms with Gasteiger partial charge in [-0.25, -0.2) is 0 Å². The molecule has 0 spiro atoms. The normalized spacial score (nSPS) is 13.8. The predicted octanol–water partition coefficient (Wildman–Crippen LogP) is 7.98. The van der Waals surface area contributed by atoms with Crippen molar-refractivity contribution in [3.05, 3.63) is 107 Å². The van der Waals surface area contributed by atoms with Gasteiger partial charge >= 0.3 is 0 Å². The van der Waals surface area contributed by atoms with Crippen LogP contribution in [0.2, 0.25) is 5.02 Å². The maximum absolute atomic E-state index is 6.15. The SMILES string of the molecule is CC1(C)c2ccccc2-c2c(-c3ccccc3)ccc(-c3ccc(Cl)cc3)c21. The summed E-state index contributed by atoms with van der Waals surface area (Å²) in [5.74, 6) is 0. The van der Waals surface area contributed by atoms with Gasteiger partial charge in [-0.1, -0.05) is 104 Å². The monoisotopic (exact) mass is 380 g/mol. The Balaban J connectivity index is 1.87. The lowest BCUT2D eigenvalue weighted by molar-refractivity contribution is 0.662. The standard InChI is InChI=1S/C27H21Cl/c1-27(2)24-11-7-6-10-23(24)25-21(18-8-4-3-5-9-18)16-17-22(26(25)27)19-12-14-20(28)15-13-19/h3-17H,1-2H3. The van der Waals surface area contributed by atoms with Crippen molar-refractivity contribution in [1.29, 1.82) is 0 Å². The first kappa shape index (κ1) is 17.3. The van der Waals surface area contributed by atoms with Crippen LogP contribution >= 0.6 is 11.6 Å². The Bertz CT molecular complexity index is 1170. The van der Waals surface area contributed by atoms with E-state index in [4.69, 9.17) is 11.6 Å². The molecule has 0 unspecified atom stereocenters. The summed E-state index contributed by atoms with van der Waals surface area (Å²) in [6.07, 6.45) is 0. The smallest absolute Gasteiger partial charge is 0.0406 e. The van der Waals surface area contributed by atoms with Crippen LogP contribution in [0.3, 0.4) is 0 Å². The van der Waals surface area contributed by atoms with Crippen LogP contribution in [0.1, 0.15) is 25.0 Å². The summed E-state index contributed by atoms with van der Waals surface area (Å²) in [5, 5.41) is 0.767. The van der Waals surface area contributed by atoms with Crippen molar-refractivity contribution >= 4 is 11.6 Å². The summed E-state index contributed by atoms with van der Waals surface area (Å²) in [6, 6.07) is 32.3. The average Bonchev–Trinajstić information content (AvgIpc) is 2.97. The Morgan fingerprint density at radius 3 is 1.93 bits per heavy atom. The number of hydrogen-bond donors (Lipinski definition) is 0. The first-order chi connectivity index (χ1) is 13.6. The van der Waals surface area contributed by atoms with Gasteiger partial charge in [0.2, 0.25) is 0 Å². The van der Waals surface area contributed by atoms with Crippen LogP contribution in [0.5, 0.6) is 0 Å². The fourth-order valence-corrected chi connectivity index (χ4v) is 4.77. The maximum Gasteiger partial charge on any atom is 0.0406 e. The molecule has 0 heterocycles. The van der Waals surface area contributed by atoms with E-state index < -0.39 is 0 Å². The molecule has 0 radical (unpaired) electrons. The summed E-state index contributed by atoms with van der Waals surface area (Å²) in [5.41, 5.74) is 10.5. The van der Waals surface area contributed by atoms with Crippen LogP contribution in [0.25, 0.3) is 33.4 Å². The molecule has 0 atom stereocenters. The molecule has 1 aliphatic rings. The molecule has 0 aliphatic heterocycles. The lowest BCUT2D eigenvalue weighted by Crippen LogP contribution is -2.16. The molecule has 4 aromatic carbocycles. The van der Waals surface area contributed by atoms with E-state index in [1.165, 1.54) is 44.5 Å². The highest BCUT2D eigenvalue weighted by Crippen LogP contribution is 2.55. The minimum Gasteiger partial charge on any atom is -0.0843 e. The third-order valence-corrected chi connectivity index (χ3v) is 6.19. The van der Waals surface area contributed by atoms with Gasteiger partial charge in [0.1, 0.15) is 0 Å². The molecule has 136 valence electrons.